The fourth-order valence-electron chi connectivity index (χ4n) is 2.32. The van der Waals surface area contributed by atoms with E-state index in [2.05, 4.69) is 10.6 Å². The van der Waals surface area contributed by atoms with Gasteiger partial charge in [-0.05, 0) is 56.2 Å². The summed E-state index contributed by atoms with van der Waals surface area (Å²) >= 11 is 0. The number of carbonyl (C=O) groups excluding carboxylic acids is 2. The molecule has 2 N–H and O–H groups in total. The largest absolute Gasteiger partial charge is 0.492 e. The van der Waals surface area contributed by atoms with Crippen LogP contribution in [0.3, 0.4) is 0 Å². The Balaban J connectivity index is 1.67. The molecule has 0 unspecified atom stereocenters. The summed E-state index contributed by atoms with van der Waals surface area (Å²) in [4.78, 5) is 24.3. The maximum atomic E-state index is 12.4. The first-order chi connectivity index (χ1) is 11.7. The molecule has 24 heavy (non-hydrogen) atoms. The van der Waals surface area contributed by atoms with Crippen LogP contribution >= 0.6 is 0 Å². The average Bonchev–Trinajstić information content (AvgIpc) is 3.41. The highest BCUT2D eigenvalue weighted by atomic mass is 16.5. The van der Waals surface area contributed by atoms with Crippen molar-refractivity contribution in [2.45, 2.75) is 25.8 Å². The Labute approximate surface area is 141 Å². The van der Waals surface area contributed by atoms with Gasteiger partial charge in [0.2, 0.25) is 0 Å². The van der Waals surface area contributed by atoms with E-state index in [1.54, 1.807) is 30.3 Å². The molecule has 3 rings (SSSR count). The summed E-state index contributed by atoms with van der Waals surface area (Å²) in [5.41, 5.74) is 1.68. The van der Waals surface area contributed by atoms with E-state index in [1.807, 2.05) is 25.1 Å². The molecule has 0 bridgehead atoms. The molecule has 0 aromatic heterocycles. The Kier molecular flexibility index (Phi) is 4.79. The lowest BCUT2D eigenvalue weighted by Gasteiger charge is -2.11. The molecule has 5 nitrogen and oxygen atoms in total. The monoisotopic (exact) mass is 324 g/mol. The number of anilines is 1. The third-order valence-electron chi connectivity index (χ3n) is 3.76. The van der Waals surface area contributed by atoms with E-state index < -0.39 is 0 Å². The second kappa shape index (κ2) is 7.17. The molecular formula is C19H20N2O3. The summed E-state index contributed by atoms with van der Waals surface area (Å²) < 4.78 is 5.50. The van der Waals surface area contributed by atoms with Gasteiger partial charge < -0.3 is 15.4 Å². The fourth-order valence-corrected chi connectivity index (χ4v) is 2.32. The van der Waals surface area contributed by atoms with Crippen LogP contribution in [0.4, 0.5) is 5.69 Å². The molecule has 1 aliphatic carbocycles. The van der Waals surface area contributed by atoms with Gasteiger partial charge in [-0.1, -0.05) is 12.1 Å². The normalized spacial score (nSPS) is 13.2. The predicted octanol–water partition coefficient (Wildman–Crippen LogP) is 3.23. The van der Waals surface area contributed by atoms with E-state index in [-0.39, 0.29) is 11.8 Å². The van der Waals surface area contributed by atoms with Crippen molar-refractivity contribution < 1.29 is 14.3 Å². The molecule has 0 spiro atoms. The zero-order chi connectivity index (χ0) is 16.9. The number of nitrogens with one attached hydrogen (secondary N) is 2. The van der Waals surface area contributed by atoms with Gasteiger partial charge in [0.25, 0.3) is 11.8 Å². The molecule has 0 aliphatic heterocycles. The average molecular weight is 324 g/mol. The molecule has 1 aliphatic rings. The van der Waals surface area contributed by atoms with Gasteiger partial charge in [-0.2, -0.15) is 0 Å². The van der Waals surface area contributed by atoms with Crippen molar-refractivity contribution in [3.05, 3.63) is 59.7 Å². The van der Waals surface area contributed by atoms with Crippen LogP contribution in [0.15, 0.2) is 48.5 Å². The zero-order valence-electron chi connectivity index (χ0n) is 13.5. The van der Waals surface area contributed by atoms with Crippen molar-refractivity contribution in [3.8, 4) is 5.75 Å². The quantitative estimate of drug-likeness (QED) is 0.857. The molecule has 0 saturated heterocycles. The zero-order valence-corrected chi connectivity index (χ0v) is 13.5. The number of benzene rings is 2. The molecule has 5 heteroatoms. The van der Waals surface area contributed by atoms with Gasteiger partial charge in [0.05, 0.1) is 12.3 Å². The third-order valence-corrected chi connectivity index (χ3v) is 3.76. The van der Waals surface area contributed by atoms with Gasteiger partial charge in [0.1, 0.15) is 5.75 Å². The molecule has 2 aromatic rings. The summed E-state index contributed by atoms with van der Waals surface area (Å²) in [6, 6.07) is 14.3. The Hall–Kier alpha value is -2.82. The number of carbonyl (C=O) groups is 2. The molecule has 2 aromatic carbocycles. The number of hydrogen-bond acceptors (Lipinski definition) is 3. The van der Waals surface area contributed by atoms with Gasteiger partial charge in [0, 0.05) is 17.2 Å². The summed E-state index contributed by atoms with van der Waals surface area (Å²) in [7, 11) is 0. The van der Waals surface area contributed by atoms with Crippen LogP contribution in [0.25, 0.3) is 0 Å². The van der Waals surface area contributed by atoms with Crippen molar-refractivity contribution in [2.24, 2.45) is 0 Å². The van der Waals surface area contributed by atoms with Crippen LogP contribution < -0.4 is 15.4 Å². The molecule has 1 fully saturated rings. The first kappa shape index (κ1) is 16.1. The first-order valence-electron chi connectivity index (χ1n) is 8.11. The lowest BCUT2D eigenvalue weighted by Crippen LogP contribution is -2.25. The Bertz CT molecular complexity index is 737. The van der Waals surface area contributed by atoms with Crippen molar-refractivity contribution in [1.82, 2.24) is 5.32 Å². The van der Waals surface area contributed by atoms with Gasteiger partial charge in [-0.15, -0.1) is 0 Å². The molecule has 0 heterocycles. The SMILES string of the molecule is CCOc1ccccc1NC(=O)c1ccc(C(=O)NC2CC2)cc1. The van der Waals surface area contributed by atoms with E-state index in [0.717, 1.165) is 12.8 Å². The van der Waals surface area contributed by atoms with E-state index in [9.17, 15) is 9.59 Å². The van der Waals surface area contributed by atoms with Crippen molar-refractivity contribution in [3.63, 3.8) is 0 Å². The van der Waals surface area contributed by atoms with Gasteiger partial charge >= 0.3 is 0 Å². The van der Waals surface area contributed by atoms with E-state index >= 15 is 0 Å². The maximum absolute atomic E-state index is 12.4. The van der Waals surface area contributed by atoms with Gasteiger partial charge in [-0.25, -0.2) is 0 Å². The van der Waals surface area contributed by atoms with Crippen molar-refractivity contribution in [1.29, 1.82) is 0 Å². The Morgan fingerprint density at radius 2 is 1.62 bits per heavy atom. The van der Waals surface area contributed by atoms with E-state index in [4.69, 9.17) is 4.74 Å². The lowest BCUT2D eigenvalue weighted by atomic mass is 10.1. The summed E-state index contributed by atoms with van der Waals surface area (Å²) in [6.07, 6.45) is 2.09. The number of ether oxygens (including phenoxy) is 1. The minimum atomic E-state index is -0.240. The highest BCUT2D eigenvalue weighted by Crippen LogP contribution is 2.24. The Morgan fingerprint density at radius 3 is 2.25 bits per heavy atom. The standard InChI is InChI=1S/C19H20N2O3/c1-2-24-17-6-4-3-5-16(17)21-19(23)14-9-7-13(8-10-14)18(22)20-15-11-12-15/h3-10,15H,2,11-12H2,1H3,(H,20,22)(H,21,23). The molecule has 2 amide bonds. The second-order valence-corrected chi connectivity index (χ2v) is 5.71. The van der Waals surface area contributed by atoms with Crippen LogP contribution in [0.1, 0.15) is 40.5 Å². The molecule has 1 saturated carbocycles. The van der Waals surface area contributed by atoms with E-state index in [0.29, 0.717) is 35.2 Å². The van der Waals surface area contributed by atoms with Crippen LogP contribution in [0, 0.1) is 0 Å². The smallest absolute Gasteiger partial charge is 0.255 e. The van der Waals surface area contributed by atoms with Crippen LogP contribution in [0.5, 0.6) is 5.75 Å². The molecular weight excluding hydrogens is 304 g/mol. The minimum absolute atomic E-state index is 0.0915. The van der Waals surface area contributed by atoms with E-state index in [1.165, 1.54) is 0 Å². The summed E-state index contributed by atoms with van der Waals surface area (Å²) in [6.45, 7) is 2.42. The van der Waals surface area contributed by atoms with Crippen LogP contribution in [-0.2, 0) is 0 Å². The lowest BCUT2D eigenvalue weighted by molar-refractivity contribution is 0.0949. The minimum Gasteiger partial charge on any atom is -0.492 e. The number of para-hydroxylation sites is 2. The topological polar surface area (TPSA) is 67.4 Å². The Morgan fingerprint density at radius 1 is 1.00 bits per heavy atom. The number of hydrogen-bond donors (Lipinski definition) is 2. The maximum Gasteiger partial charge on any atom is 0.255 e. The van der Waals surface area contributed by atoms with Crippen LogP contribution in [-0.4, -0.2) is 24.5 Å². The van der Waals surface area contributed by atoms with Crippen LogP contribution in [0.2, 0.25) is 0 Å². The number of amides is 2. The molecule has 0 radical (unpaired) electrons. The van der Waals surface area contributed by atoms with Crippen molar-refractivity contribution in [2.75, 3.05) is 11.9 Å². The highest BCUT2D eigenvalue weighted by Gasteiger charge is 2.23. The predicted molar refractivity (Wildman–Crippen MR) is 92.5 cm³/mol. The third kappa shape index (κ3) is 3.93. The van der Waals surface area contributed by atoms with Gasteiger partial charge in [0.15, 0.2) is 0 Å². The fraction of sp³-hybridized carbons (Fsp3) is 0.263. The molecule has 124 valence electrons. The second-order valence-electron chi connectivity index (χ2n) is 5.71. The highest BCUT2D eigenvalue weighted by molar-refractivity contribution is 6.05. The van der Waals surface area contributed by atoms with Crippen molar-refractivity contribution >= 4 is 17.5 Å². The molecule has 0 atom stereocenters. The van der Waals surface area contributed by atoms with Gasteiger partial charge in [-0.3, -0.25) is 9.59 Å². The number of rotatable bonds is 6. The summed E-state index contributed by atoms with van der Waals surface area (Å²) in [5, 5.41) is 5.76. The first-order valence-corrected chi connectivity index (χ1v) is 8.11. The summed E-state index contributed by atoms with van der Waals surface area (Å²) in [5.74, 6) is 0.302.